The van der Waals surface area contributed by atoms with E-state index >= 15 is 0 Å². The number of hydrogen-bond donors (Lipinski definition) is 1. The lowest BCUT2D eigenvalue weighted by Crippen LogP contribution is -2.01. The third kappa shape index (κ3) is 4.28. The molecule has 1 aromatic carbocycles. The van der Waals surface area contributed by atoms with E-state index in [4.69, 9.17) is 5.73 Å². The molecule has 0 spiro atoms. The van der Waals surface area contributed by atoms with E-state index in [0.29, 0.717) is 0 Å². The first-order valence-electron chi connectivity index (χ1n) is 5.42. The van der Waals surface area contributed by atoms with Gasteiger partial charge in [-0.15, -0.1) is 0 Å². The topological polar surface area (TPSA) is 43.8 Å². The summed E-state index contributed by atoms with van der Waals surface area (Å²) in [5.41, 5.74) is 6.68. The van der Waals surface area contributed by atoms with Gasteiger partial charge in [0.15, 0.2) is 0 Å². The number of rotatable bonds is 2. The highest BCUT2D eigenvalue weighted by molar-refractivity contribution is 5.14. The molecule has 0 unspecified atom stereocenters. The highest BCUT2D eigenvalue weighted by Gasteiger charge is 1.85. The smallest absolute Gasteiger partial charge is 0.105 e. The summed E-state index contributed by atoms with van der Waals surface area (Å²) in [5, 5.41) is 0. The molecule has 0 aliphatic heterocycles. The van der Waals surface area contributed by atoms with Crippen LogP contribution in [0.2, 0.25) is 0 Å². The van der Waals surface area contributed by atoms with Gasteiger partial charge in [-0.25, -0.2) is 4.98 Å². The van der Waals surface area contributed by atoms with Crippen molar-refractivity contribution in [2.75, 3.05) is 6.54 Å². The Morgan fingerprint density at radius 2 is 1.94 bits per heavy atom. The maximum atomic E-state index is 5.36. The van der Waals surface area contributed by atoms with Crippen molar-refractivity contribution >= 4 is 0 Å². The van der Waals surface area contributed by atoms with Crippen LogP contribution >= 0.6 is 0 Å². The van der Waals surface area contributed by atoms with Crippen molar-refractivity contribution in [3.8, 4) is 0 Å². The molecule has 0 saturated heterocycles. The second-order valence-corrected chi connectivity index (χ2v) is 3.61. The van der Waals surface area contributed by atoms with E-state index in [2.05, 4.69) is 17.1 Å². The maximum Gasteiger partial charge on any atom is 0.105 e. The van der Waals surface area contributed by atoms with Gasteiger partial charge < -0.3 is 10.3 Å². The van der Waals surface area contributed by atoms with Gasteiger partial charge in [-0.3, -0.25) is 0 Å². The summed E-state index contributed by atoms with van der Waals surface area (Å²) < 4.78 is 1.97. The van der Waals surface area contributed by atoms with Crippen LogP contribution in [0.25, 0.3) is 0 Å². The van der Waals surface area contributed by atoms with Gasteiger partial charge in [0.05, 0.1) is 0 Å². The Balaban J connectivity index is 0.000000165. The largest absolute Gasteiger partial charge is 0.338 e. The fourth-order valence-electron chi connectivity index (χ4n) is 1.25. The summed E-state index contributed by atoms with van der Waals surface area (Å²) >= 11 is 0. The SMILES string of the molecule is Cc1nccn1C.NCCc1ccccc1. The van der Waals surface area contributed by atoms with Crippen LogP contribution in [-0.4, -0.2) is 16.1 Å². The molecule has 3 heteroatoms. The lowest BCUT2D eigenvalue weighted by molar-refractivity contribution is 0.858. The van der Waals surface area contributed by atoms with Gasteiger partial charge in [0.1, 0.15) is 5.82 Å². The van der Waals surface area contributed by atoms with Gasteiger partial charge in [0.25, 0.3) is 0 Å². The van der Waals surface area contributed by atoms with E-state index in [0.717, 1.165) is 18.8 Å². The van der Waals surface area contributed by atoms with Gasteiger partial charge >= 0.3 is 0 Å². The fourth-order valence-corrected chi connectivity index (χ4v) is 1.25. The molecule has 0 amide bonds. The summed E-state index contributed by atoms with van der Waals surface area (Å²) in [5.74, 6) is 1.06. The Bertz CT molecular complexity index is 376. The second kappa shape index (κ2) is 6.80. The van der Waals surface area contributed by atoms with Crippen molar-refractivity contribution in [3.63, 3.8) is 0 Å². The van der Waals surface area contributed by atoms with E-state index < -0.39 is 0 Å². The Morgan fingerprint density at radius 3 is 2.31 bits per heavy atom. The molecular weight excluding hydrogens is 198 g/mol. The van der Waals surface area contributed by atoms with Gasteiger partial charge in [0, 0.05) is 19.4 Å². The standard InChI is InChI=1S/C8H11N.C5H8N2/c9-7-6-8-4-2-1-3-5-8;1-5-6-3-4-7(5)2/h1-5H,6-7,9H2;3-4H,1-2H3. The minimum absolute atomic E-state index is 0.740. The van der Waals surface area contributed by atoms with Crippen molar-refractivity contribution in [1.29, 1.82) is 0 Å². The van der Waals surface area contributed by atoms with Crippen molar-refractivity contribution < 1.29 is 0 Å². The zero-order valence-corrected chi connectivity index (χ0v) is 9.93. The van der Waals surface area contributed by atoms with Crippen LogP contribution in [0.5, 0.6) is 0 Å². The monoisotopic (exact) mass is 217 g/mol. The molecule has 0 saturated carbocycles. The van der Waals surface area contributed by atoms with Crippen LogP contribution in [0.15, 0.2) is 42.7 Å². The lowest BCUT2D eigenvalue weighted by atomic mass is 10.2. The first-order chi connectivity index (χ1) is 7.74. The lowest BCUT2D eigenvalue weighted by Gasteiger charge is -1.93. The summed E-state index contributed by atoms with van der Waals surface area (Å²) in [6.07, 6.45) is 4.70. The first kappa shape index (κ1) is 12.5. The average Bonchev–Trinajstić information content (AvgIpc) is 2.66. The molecule has 0 atom stereocenters. The maximum absolute atomic E-state index is 5.36. The van der Waals surface area contributed by atoms with Gasteiger partial charge in [-0.1, -0.05) is 30.3 Å². The number of aromatic nitrogens is 2. The molecule has 0 aliphatic carbocycles. The molecule has 2 N–H and O–H groups in total. The van der Waals surface area contributed by atoms with Crippen LogP contribution in [0.1, 0.15) is 11.4 Å². The zero-order chi connectivity index (χ0) is 11.8. The number of benzene rings is 1. The summed E-state index contributed by atoms with van der Waals surface area (Å²) in [7, 11) is 1.97. The molecule has 1 aromatic heterocycles. The molecule has 0 radical (unpaired) electrons. The van der Waals surface area contributed by atoms with Gasteiger partial charge in [0.2, 0.25) is 0 Å². The van der Waals surface area contributed by atoms with E-state index in [1.54, 1.807) is 6.20 Å². The van der Waals surface area contributed by atoms with Crippen LogP contribution in [0.4, 0.5) is 0 Å². The molecule has 2 aromatic rings. The molecule has 86 valence electrons. The summed E-state index contributed by atoms with van der Waals surface area (Å²) in [6.45, 7) is 2.71. The fraction of sp³-hybridized carbons (Fsp3) is 0.308. The number of aryl methyl sites for hydroxylation is 2. The predicted molar refractivity (Wildman–Crippen MR) is 67.1 cm³/mol. The number of imidazole rings is 1. The molecule has 1 heterocycles. The third-order valence-corrected chi connectivity index (χ3v) is 2.34. The second-order valence-electron chi connectivity index (χ2n) is 3.61. The highest BCUT2D eigenvalue weighted by atomic mass is 15.0. The minimum atomic E-state index is 0.740. The van der Waals surface area contributed by atoms with Crippen LogP contribution < -0.4 is 5.73 Å². The zero-order valence-electron chi connectivity index (χ0n) is 9.93. The van der Waals surface area contributed by atoms with Crippen molar-refractivity contribution in [2.45, 2.75) is 13.3 Å². The normalized spacial score (nSPS) is 9.44. The first-order valence-corrected chi connectivity index (χ1v) is 5.42. The van der Waals surface area contributed by atoms with E-state index in [9.17, 15) is 0 Å². The third-order valence-electron chi connectivity index (χ3n) is 2.34. The van der Waals surface area contributed by atoms with Crippen LogP contribution in [0.3, 0.4) is 0 Å². The molecule has 0 bridgehead atoms. The molecule has 3 nitrogen and oxygen atoms in total. The van der Waals surface area contributed by atoms with Crippen LogP contribution in [-0.2, 0) is 13.5 Å². The Labute approximate surface area is 96.9 Å². The molecule has 0 aliphatic rings. The van der Waals surface area contributed by atoms with E-state index in [1.807, 2.05) is 42.9 Å². The quantitative estimate of drug-likeness (QED) is 0.835. The van der Waals surface area contributed by atoms with Crippen molar-refractivity contribution in [2.24, 2.45) is 12.8 Å². The molecule has 0 fully saturated rings. The molecule has 2 rings (SSSR count). The summed E-state index contributed by atoms with van der Waals surface area (Å²) in [6, 6.07) is 10.3. The predicted octanol–water partition coefficient (Wildman–Crippen LogP) is 1.92. The van der Waals surface area contributed by atoms with Crippen LogP contribution in [0, 0.1) is 6.92 Å². The average molecular weight is 217 g/mol. The minimum Gasteiger partial charge on any atom is -0.338 e. The number of hydrogen-bond acceptors (Lipinski definition) is 2. The number of nitrogens with zero attached hydrogens (tertiary/aromatic N) is 2. The molecule has 16 heavy (non-hydrogen) atoms. The summed E-state index contributed by atoms with van der Waals surface area (Å²) in [4.78, 5) is 3.98. The van der Waals surface area contributed by atoms with Gasteiger partial charge in [-0.2, -0.15) is 0 Å². The highest BCUT2D eigenvalue weighted by Crippen LogP contribution is 1.96. The number of nitrogens with two attached hydrogens (primary N) is 1. The Morgan fingerprint density at radius 1 is 1.25 bits per heavy atom. The van der Waals surface area contributed by atoms with Crippen molar-refractivity contribution in [1.82, 2.24) is 9.55 Å². The van der Waals surface area contributed by atoms with Gasteiger partial charge in [-0.05, 0) is 25.5 Å². The van der Waals surface area contributed by atoms with E-state index in [1.165, 1.54) is 5.56 Å². The van der Waals surface area contributed by atoms with Crippen molar-refractivity contribution in [3.05, 3.63) is 54.1 Å². The molecular formula is C13H19N3. The van der Waals surface area contributed by atoms with E-state index in [-0.39, 0.29) is 0 Å². The Kier molecular flexibility index (Phi) is 5.29. The Hall–Kier alpha value is -1.61.